The highest BCUT2D eigenvalue weighted by Gasteiger charge is 2.35. The molecule has 4 nitrogen and oxygen atoms in total. The summed E-state index contributed by atoms with van der Waals surface area (Å²) in [7, 11) is -3.81. The molecule has 0 aliphatic carbocycles. The van der Waals surface area contributed by atoms with Gasteiger partial charge < -0.3 is 0 Å². The molecule has 2 rings (SSSR count). The molecule has 0 aromatic heterocycles. The average molecular weight is 356 g/mol. The van der Waals surface area contributed by atoms with Gasteiger partial charge in [0, 0.05) is 5.41 Å². The van der Waals surface area contributed by atoms with E-state index in [9.17, 15) is 13.7 Å². The molecule has 0 radical (unpaired) electrons. The quantitative estimate of drug-likeness (QED) is 0.887. The van der Waals surface area contributed by atoms with E-state index in [1.165, 1.54) is 0 Å². The van der Waals surface area contributed by atoms with Crippen molar-refractivity contribution in [2.24, 2.45) is 0 Å². The molecule has 0 unspecified atom stereocenters. The molecule has 2 aromatic rings. The van der Waals surface area contributed by atoms with E-state index in [0.29, 0.717) is 11.1 Å². The van der Waals surface area contributed by atoms with Crippen molar-refractivity contribution < 1.29 is 8.42 Å². The Morgan fingerprint density at radius 1 is 1.04 bits per heavy atom. The number of benzene rings is 2. The predicted molar refractivity (Wildman–Crippen MR) is 99.8 cm³/mol. The van der Waals surface area contributed by atoms with Gasteiger partial charge in [-0.2, -0.15) is 9.98 Å². The summed E-state index contributed by atoms with van der Waals surface area (Å²) in [5, 5.41) is 9.64. The van der Waals surface area contributed by atoms with Crippen molar-refractivity contribution in [3.05, 3.63) is 64.7 Å². The topological polar surface area (TPSA) is 70.0 Å². The van der Waals surface area contributed by atoms with E-state index >= 15 is 0 Å². The third kappa shape index (κ3) is 3.92. The average Bonchev–Trinajstić information content (AvgIpc) is 2.52. The van der Waals surface area contributed by atoms with Crippen molar-refractivity contribution in [1.29, 1.82) is 5.26 Å². The van der Waals surface area contributed by atoms with E-state index in [-0.39, 0.29) is 4.90 Å². The number of nitriles is 1. The third-order valence-corrected chi connectivity index (χ3v) is 6.24. The number of rotatable bonds is 5. The lowest BCUT2D eigenvalue weighted by Gasteiger charge is -2.31. The van der Waals surface area contributed by atoms with Crippen molar-refractivity contribution in [3.63, 3.8) is 0 Å². The second-order valence-electron chi connectivity index (χ2n) is 7.00. The van der Waals surface area contributed by atoms with Crippen LogP contribution >= 0.6 is 0 Å². The Labute approximate surface area is 150 Å². The largest absolute Gasteiger partial charge is 0.242 e. The zero-order chi connectivity index (χ0) is 18.8. The highest BCUT2D eigenvalue weighted by Crippen LogP contribution is 2.29. The van der Waals surface area contributed by atoms with Crippen LogP contribution in [0.2, 0.25) is 0 Å². The summed E-state index contributed by atoms with van der Waals surface area (Å²) in [6, 6.07) is 14.4. The molecule has 1 N–H and O–H groups in total. The van der Waals surface area contributed by atoms with Gasteiger partial charge >= 0.3 is 0 Å². The number of sulfonamides is 1. The molecule has 2 aromatic carbocycles. The Hall–Kier alpha value is -2.16. The van der Waals surface area contributed by atoms with E-state index < -0.39 is 21.5 Å². The van der Waals surface area contributed by atoms with Crippen LogP contribution in [0, 0.1) is 32.1 Å². The van der Waals surface area contributed by atoms with Gasteiger partial charge in [0.1, 0.15) is 6.04 Å². The van der Waals surface area contributed by atoms with Crippen LogP contribution < -0.4 is 4.72 Å². The first kappa shape index (κ1) is 19.2. The fourth-order valence-electron chi connectivity index (χ4n) is 3.17. The maximum atomic E-state index is 13.0. The molecule has 0 aliphatic heterocycles. The second kappa shape index (κ2) is 6.99. The van der Waals surface area contributed by atoms with E-state index in [4.69, 9.17) is 0 Å². The molecule has 5 heteroatoms. The standard InChI is InChI=1S/C20H24N2O2S/c1-14-11-15(2)19(16(3)12-14)25(23,24)22-18(13-21)20(4,5)17-9-7-6-8-10-17/h6-12,18,22H,1-5H3/t18-/m1/s1. The minimum atomic E-state index is -3.81. The predicted octanol–water partition coefficient (Wildman–Crippen LogP) is 3.76. The monoisotopic (exact) mass is 356 g/mol. The van der Waals surface area contributed by atoms with Gasteiger partial charge in [-0.15, -0.1) is 0 Å². The minimum Gasteiger partial charge on any atom is -0.207 e. The molecular formula is C20H24N2O2S. The van der Waals surface area contributed by atoms with Crippen LogP contribution in [0.1, 0.15) is 36.1 Å². The number of hydrogen-bond acceptors (Lipinski definition) is 3. The molecule has 1 atom stereocenters. The molecule has 0 fully saturated rings. The van der Waals surface area contributed by atoms with Crippen LogP contribution in [0.5, 0.6) is 0 Å². The second-order valence-corrected chi connectivity index (χ2v) is 8.65. The van der Waals surface area contributed by atoms with Gasteiger partial charge in [-0.1, -0.05) is 61.9 Å². The maximum absolute atomic E-state index is 13.0. The summed E-state index contributed by atoms with van der Waals surface area (Å²) in [6.07, 6.45) is 0. The SMILES string of the molecule is Cc1cc(C)c(S(=O)(=O)N[C@H](C#N)C(C)(C)c2ccccc2)c(C)c1. The zero-order valence-corrected chi connectivity index (χ0v) is 16.1. The van der Waals surface area contributed by atoms with Crippen LogP contribution in [0.25, 0.3) is 0 Å². The highest BCUT2D eigenvalue weighted by atomic mass is 32.2. The van der Waals surface area contributed by atoms with Gasteiger partial charge in [0.2, 0.25) is 10.0 Å². The summed E-state index contributed by atoms with van der Waals surface area (Å²) in [4.78, 5) is 0.252. The number of nitrogens with zero attached hydrogens (tertiary/aromatic N) is 1. The van der Waals surface area contributed by atoms with Crippen LogP contribution in [0.3, 0.4) is 0 Å². The van der Waals surface area contributed by atoms with Crippen LogP contribution in [0.15, 0.2) is 47.4 Å². The summed E-state index contributed by atoms with van der Waals surface area (Å²) >= 11 is 0. The molecular weight excluding hydrogens is 332 g/mol. The van der Waals surface area contributed by atoms with E-state index in [1.54, 1.807) is 13.8 Å². The van der Waals surface area contributed by atoms with Crippen LogP contribution in [0.4, 0.5) is 0 Å². The first-order valence-electron chi connectivity index (χ1n) is 8.15. The molecule has 132 valence electrons. The lowest BCUT2D eigenvalue weighted by Crippen LogP contribution is -2.46. The normalized spacial score (nSPS) is 13.3. The molecule has 0 aliphatic rings. The summed E-state index contributed by atoms with van der Waals surface area (Å²) in [5.74, 6) is 0. The number of nitrogens with one attached hydrogen (secondary N) is 1. The Bertz CT molecular complexity index is 887. The number of aryl methyl sites for hydroxylation is 3. The molecule has 25 heavy (non-hydrogen) atoms. The molecule has 0 amide bonds. The van der Waals surface area contributed by atoms with Gasteiger partial charge in [-0.05, 0) is 37.5 Å². The fourth-order valence-corrected chi connectivity index (χ4v) is 4.92. The molecule has 0 saturated carbocycles. The van der Waals surface area contributed by atoms with Crippen molar-refractivity contribution >= 4 is 10.0 Å². The van der Waals surface area contributed by atoms with E-state index in [2.05, 4.69) is 10.8 Å². The van der Waals surface area contributed by atoms with Gasteiger partial charge in [0.15, 0.2) is 0 Å². The summed E-state index contributed by atoms with van der Waals surface area (Å²) in [6.45, 7) is 9.22. The fraction of sp³-hybridized carbons (Fsp3) is 0.350. The van der Waals surface area contributed by atoms with Crippen LogP contribution in [-0.2, 0) is 15.4 Å². The van der Waals surface area contributed by atoms with Crippen LogP contribution in [-0.4, -0.2) is 14.5 Å². The molecule has 0 spiro atoms. The van der Waals surface area contributed by atoms with Gasteiger partial charge in [0.05, 0.1) is 11.0 Å². The lowest BCUT2D eigenvalue weighted by molar-refractivity contribution is 0.440. The first-order valence-corrected chi connectivity index (χ1v) is 9.63. The smallest absolute Gasteiger partial charge is 0.207 e. The van der Waals surface area contributed by atoms with Crippen molar-refractivity contribution in [3.8, 4) is 6.07 Å². The van der Waals surface area contributed by atoms with Gasteiger partial charge in [-0.3, -0.25) is 0 Å². The van der Waals surface area contributed by atoms with E-state index in [0.717, 1.165) is 11.1 Å². The Morgan fingerprint density at radius 3 is 2.04 bits per heavy atom. The molecule has 0 bridgehead atoms. The van der Waals surface area contributed by atoms with Crippen molar-refractivity contribution in [2.75, 3.05) is 0 Å². The van der Waals surface area contributed by atoms with Gasteiger partial charge in [0.25, 0.3) is 0 Å². The van der Waals surface area contributed by atoms with Crippen molar-refractivity contribution in [1.82, 2.24) is 4.72 Å². The minimum absolute atomic E-state index is 0.252. The zero-order valence-electron chi connectivity index (χ0n) is 15.3. The summed E-state index contributed by atoms with van der Waals surface area (Å²) in [5.41, 5.74) is 2.60. The Balaban J connectivity index is 2.44. The van der Waals surface area contributed by atoms with Crippen molar-refractivity contribution in [2.45, 2.75) is 51.0 Å². The molecule has 0 saturated heterocycles. The lowest BCUT2D eigenvalue weighted by atomic mass is 9.79. The van der Waals surface area contributed by atoms with E-state index in [1.807, 2.05) is 63.2 Å². The summed E-state index contributed by atoms with van der Waals surface area (Å²) < 4.78 is 28.6. The molecule has 0 heterocycles. The van der Waals surface area contributed by atoms with Gasteiger partial charge in [-0.25, -0.2) is 8.42 Å². The first-order chi connectivity index (χ1) is 11.6. The Morgan fingerprint density at radius 2 is 1.56 bits per heavy atom. The Kier molecular flexibility index (Phi) is 5.36. The maximum Gasteiger partial charge on any atom is 0.242 e. The highest BCUT2D eigenvalue weighted by molar-refractivity contribution is 7.89. The third-order valence-electron chi connectivity index (χ3n) is 4.51. The number of hydrogen-bond donors (Lipinski definition) is 1.